The Balaban J connectivity index is 1.99. The van der Waals surface area contributed by atoms with Crippen molar-refractivity contribution >= 4 is 28.1 Å². The molecule has 29 heavy (non-hydrogen) atoms. The van der Waals surface area contributed by atoms with Gasteiger partial charge in [-0.1, -0.05) is 12.1 Å². The highest BCUT2D eigenvalue weighted by Crippen LogP contribution is 2.39. The topological polar surface area (TPSA) is 95.8 Å². The summed E-state index contributed by atoms with van der Waals surface area (Å²) >= 11 is 0. The van der Waals surface area contributed by atoms with Crippen molar-refractivity contribution in [3.05, 3.63) is 33.9 Å². The number of fused-ring (bicyclic) bond motifs is 1. The fourth-order valence-corrected chi connectivity index (χ4v) is 3.62. The molecule has 0 bridgehead atoms. The molecule has 1 aromatic heterocycles. The van der Waals surface area contributed by atoms with Crippen LogP contribution in [0.5, 0.6) is 0 Å². The van der Waals surface area contributed by atoms with Crippen LogP contribution in [0, 0.1) is 10.1 Å². The minimum atomic E-state index is -0.349. The van der Waals surface area contributed by atoms with Crippen LogP contribution >= 0.6 is 0 Å². The molecule has 9 heteroatoms. The highest BCUT2D eigenvalue weighted by atomic mass is 16.6. The number of benzene rings is 1. The number of hydrogen-bond acceptors (Lipinski definition) is 8. The maximum atomic E-state index is 11.9. The van der Waals surface area contributed by atoms with E-state index in [4.69, 9.17) is 4.74 Å². The molecule has 0 saturated carbocycles. The summed E-state index contributed by atoms with van der Waals surface area (Å²) in [6.45, 7) is 5.51. The number of hydrogen-bond donors (Lipinski definition) is 2. The molecular weight excluding hydrogens is 372 g/mol. The monoisotopic (exact) mass is 402 g/mol. The minimum Gasteiger partial charge on any atom is -0.379 e. The summed E-state index contributed by atoms with van der Waals surface area (Å²) in [5.41, 5.74) is 2.36. The lowest BCUT2D eigenvalue weighted by molar-refractivity contribution is -0.383. The molecule has 1 saturated heterocycles. The Hall–Kier alpha value is -2.49. The molecule has 1 aromatic carbocycles. The van der Waals surface area contributed by atoms with E-state index in [1.165, 1.54) is 0 Å². The highest BCUT2D eigenvalue weighted by molar-refractivity contribution is 6.01. The molecule has 1 fully saturated rings. The number of likely N-dealkylation sites (N-methyl/N-ethyl adjacent to an activating group) is 1. The largest absolute Gasteiger partial charge is 0.379 e. The smallest absolute Gasteiger partial charge is 0.334 e. The molecule has 2 aromatic rings. The molecule has 0 radical (unpaired) electrons. The molecule has 1 aliphatic heterocycles. The summed E-state index contributed by atoms with van der Waals surface area (Å²) in [6, 6.07) is 5.90. The molecule has 0 unspecified atom stereocenters. The quantitative estimate of drug-likeness (QED) is 0.486. The van der Waals surface area contributed by atoms with E-state index in [2.05, 4.69) is 25.4 Å². The summed E-state index contributed by atoms with van der Waals surface area (Å²) in [4.78, 5) is 20.5. The average Bonchev–Trinajstić information content (AvgIpc) is 2.71. The van der Waals surface area contributed by atoms with E-state index < -0.39 is 0 Å². The lowest BCUT2D eigenvalue weighted by atomic mass is 10.0. The first-order valence-corrected chi connectivity index (χ1v) is 9.97. The second-order valence-corrected chi connectivity index (χ2v) is 7.44. The van der Waals surface area contributed by atoms with Crippen LogP contribution in [0.4, 0.5) is 17.2 Å². The predicted molar refractivity (Wildman–Crippen MR) is 116 cm³/mol. The van der Waals surface area contributed by atoms with Crippen molar-refractivity contribution in [1.82, 2.24) is 14.8 Å². The van der Waals surface area contributed by atoms with E-state index in [1.54, 1.807) is 7.05 Å². The zero-order chi connectivity index (χ0) is 20.8. The van der Waals surface area contributed by atoms with Crippen molar-refractivity contribution in [2.75, 3.05) is 77.7 Å². The van der Waals surface area contributed by atoms with Gasteiger partial charge in [0.05, 0.1) is 23.7 Å². The number of aromatic nitrogens is 1. The molecule has 3 rings (SSSR count). The molecule has 9 nitrogen and oxygen atoms in total. The van der Waals surface area contributed by atoms with E-state index in [1.807, 2.05) is 32.3 Å². The van der Waals surface area contributed by atoms with E-state index in [0.717, 1.165) is 62.3 Å². The van der Waals surface area contributed by atoms with Gasteiger partial charge in [0.2, 0.25) is 5.82 Å². The normalized spacial score (nSPS) is 15.0. The highest BCUT2D eigenvalue weighted by Gasteiger charge is 2.26. The van der Waals surface area contributed by atoms with Crippen molar-refractivity contribution in [1.29, 1.82) is 0 Å². The van der Waals surface area contributed by atoms with Gasteiger partial charge in [-0.25, -0.2) is 4.98 Å². The number of nitrogens with one attached hydrogen (secondary N) is 2. The van der Waals surface area contributed by atoms with Crippen molar-refractivity contribution in [2.24, 2.45) is 0 Å². The van der Waals surface area contributed by atoms with Gasteiger partial charge in [0, 0.05) is 45.2 Å². The summed E-state index contributed by atoms with van der Waals surface area (Å²) < 4.78 is 5.39. The minimum absolute atomic E-state index is 0.000666. The lowest BCUT2D eigenvalue weighted by Gasteiger charge is -2.26. The number of rotatable bonds is 9. The second-order valence-electron chi connectivity index (χ2n) is 7.44. The zero-order valence-corrected chi connectivity index (χ0v) is 17.4. The van der Waals surface area contributed by atoms with Gasteiger partial charge in [-0.05, 0) is 32.1 Å². The Labute approximate surface area is 171 Å². The lowest BCUT2D eigenvalue weighted by Crippen LogP contribution is -2.39. The Morgan fingerprint density at radius 2 is 2.07 bits per heavy atom. The first kappa shape index (κ1) is 21.2. The SMILES string of the molecule is CNc1nc2cccc(CCN(C)C)c2c(NCCN2CCOCC2)c1[N+](=O)[O-]. The number of nitro groups is 1. The Bertz CT molecular complexity index is 852. The predicted octanol–water partition coefficient (Wildman–Crippen LogP) is 2.03. The maximum Gasteiger partial charge on any atom is 0.334 e. The average molecular weight is 402 g/mol. The van der Waals surface area contributed by atoms with Crippen LogP contribution < -0.4 is 10.6 Å². The third-order valence-corrected chi connectivity index (χ3v) is 5.15. The van der Waals surface area contributed by atoms with Crippen LogP contribution in [0.15, 0.2) is 18.2 Å². The zero-order valence-electron chi connectivity index (χ0n) is 17.4. The molecule has 158 valence electrons. The van der Waals surface area contributed by atoms with E-state index in [9.17, 15) is 10.1 Å². The standard InChI is InChI=1S/C20H30N6O3/c1-21-20-19(26(27)28)18(22-8-10-25-11-13-29-14-12-25)17-15(7-9-24(2)3)5-4-6-16(17)23-20/h4-6H,7-14H2,1-3H3,(H2,21,22,23). The third kappa shape index (κ3) is 5.11. The fraction of sp³-hybridized carbons (Fsp3) is 0.550. The third-order valence-electron chi connectivity index (χ3n) is 5.15. The van der Waals surface area contributed by atoms with Gasteiger partial charge in [0.25, 0.3) is 0 Å². The molecular formula is C20H30N6O3. The molecule has 0 spiro atoms. The molecule has 2 heterocycles. The van der Waals surface area contributed by atoms with E-state index in [-0.39, 0.29) is 16.4 Å². The Morgan fingerprint density at radius 3 is 2.72 bits per heavy atom. The number of anilines is 2. The van der Waals surface area contributed by atoms with Crippen LogP contribution in [0.25, 0.3) is 10.9 Å². The van der Waals surface area contributed by atoms with Gasteiger partial charge in [-0.3, -0.25) is 15.0 Å². The first-order valence-electron chi connectivity index (χ1n) is 9.97. The maximum absolute atomic E-state index is 11.9. The summed E-state index contributed by atoms with van der Waals surface area (Å²) in [5.74, 6) is 0.279. The molecule has 0 aliphatic carbocycles. The summed E-state index contributed by atoms with van der Waals surface area (Å²) in [6.07, 6.45) is 0.792. The van der Waals surface area contributed by atoms with Gasteiger partial charge in [-0.15, -0.1) is 0 Å². The van der Waals surface area contributed by atoms with Crippen LogP contribution in [-0.2, 0) is 11.2 Å². The van der Waals surface area contributed by atoms with Gasteiger partial charge < -0.3 is 20.3 Å². The van der Waals surface area contributed by atoms with Crippen molar-refractivity contribution in [2.45, 2.75) is 6.42 Å². The van der Waals surface area contributed by atoms with Gasteiger partial charge in [0.15, 0.2) is 0 Å². The van der Waals surface area contributed by atoms with Gasteiger partial charge in [-0.2, -0.15) is 0 Å². The number of morpholine rings is 1. The van der Waals surface area contributed by atoms with Crippen molar-refractivity contribution in [3.8, 4) is 0 Å². The van der Waals surface area contributed by atoms with Crippen LogP contribution in [0.3, 0.4) is 0 Å². The Morgan fingerprint density at radius 1 is 1.31 bits per heavy atom. The fourth-order valence-electron chi connectivity index (χ4n) is 3.62. The summed E-state index contributed by atoms with van der Waals surface area (Å²) in [7, 11) is 5.70. The van der Waals surface area contributed by atoms with Gasteiger partial charge in [0.1, 0.15) is 5.69 Å². The number of pyridine rings is 1. The van der Waals surface area contributed by atoms with Crippen molar-refractivity contribution in [3.63, 3.8) is 0 Å². The second kappa shape index (κ2) is 9.82. The Kier molecular flexibility index (Phi) is 7.18. The number of nitrogens with zero attached hydrogens (tertiary/aromatic N) is 4. The number of ether oxygens (including phenoxy) is 1. The van der Waals surface area contributed by atoms with Crippen LogP contribution in [-0.4, -0.2) is 86.8 Å². The van der Waals surface area contributed by atoms with Crippen molar-refractivity contribution < 1.29 is 9.66 Å². The molecule has 0 amide bonds. The summed E-state index contributed by atoms with van der Waals surface area (Å²) in [5, 5.41) is 19.0. The van der Waals surface area contributed by atoms with E-state index in [0.29, 0.717) is 12.2 Å². The molecule has 0 atom stereocenters. The van der Waals surface area contributed by atoms with Crippen LogP contribution in [0.1, 0.15) is 5.56 Å². The van der Waals surface area contributed by atoms with E-state index >= 15 is 0 Å². The first-order chi connectivity index (χ1) is 14.0. The van der Waals surface area contributed by atoms with Gasteiger partial charge >= 0.3 is 5.69 Å². The molecule has 1 aliphatic rings. The van der Waals surface area contributed by atoms with Crippen LogP contribution in [0.2, 0.25) is 0 Å². The molecule has 2 N–H and O–H groups in total.